The van der Waals surface area contributed by atoms with Crippen LogP contribution in [0.2, 0.25) is 0 Å². The first-order valence-electron chi connectivity index (χ1n) is 11.2. The highest BCUT2D eigenvalue weighted by molar-refractivity contribution is 5.94. The van der Waals surface area contributed by atoms with Crippen LogP contribution in [0.1, 0.15) is 45.6 Å². The minimum atomic E-state index is -1.04. The predicted molar refractivity (Wildman–Crippen MR) is 133 cm³/mol. The van der Waals surface area contributed by atoms with Crippen LogP contribution in [-0.4, -0.2) is 20.6 Å². The normalized spacial score (nSPS) is 13.3. The Morgan fingerprint density at radius 2 is 1.77 bits per heavy atom. The topological polar surface area (TPSA) is 111 Å². The SMILES string of the molecule is CC(Nc1ccccc1C(=O)O)c1cc(C#N)cc2c(=O)n(C)c(N3Cc4ccccc4C3)nc12. The van der Waals surface area contributed by atoms with Crippen LogP contribution in [0.5, 0.6) is 0 Å². The minimum Gasteiger partial charge on any atom is -0.478 e. The molecule has 8 nitrogen and oxygen atoms in total. The number of carboxylic acids is 1. The lowest BCUT2D eigenvalue weighted by Crippen LogP contribution is -2.28. The molecule has 1 aliphatic heterocycles. The monoisotopic (exact) mass is 465 g/mol. The Labute approximate surface area is 201 Å². The van der Waals surface area contributed by atoms with Crippen LogP contribution < -0.4 is 15.8 Å². The summed E-state index contributed by atoms with van der Waals surface area (Å²) in [6.07, 6.45) is 0. The highest BCUT2D eigenvalue weighted by atomic mass is 16.4. The van der Waals surface area contributed by atoms with Crippen molar-refractivity contribution in [3.05, 3.63) is 98.8 Å². The number of aromatic nitrogens is 2. The van der Waals surface area contributed by atoms with E-state index in [1.165, 1.54) is 21.8 Å². The van der Waals surface area contributed by atoms with Gasteiger partial charge in [0.2, 0.25) is 5.95 Å². The molecule has 1 aromatic heterocycles. The molecule has 2 N–H and O–H groups in total. The number of hydrogen-bond donors (Lipinski definition) is 2. The van der Waals surface area contributed by atoms with Crippen molar-refractivity contribution in [2.75, 3.05) is 10.2 Å². The number of nitrogens with one attached hydrogen (secondary N) is 1. The molecule has 4 aromatic rings. The van der Waals surface area contributed by atoms with E-state index in [2.05, 4.69) is 28.4 Å². The van der Waals surface area contributed by atoms with Crippen molar-refractivity contribution >= 4 is 28.5 Å². The van der Waals surface area contributed by atoms with Crippen LogP contribution in [0, 0.1) is 11.3 Å². The Kier molecular flexibility index (Phi) is 5.46. The van der Waals surface area contributed by atoms with E-state index in [9.17, 15) is 20.0 Å². The average molecular weight is 466 g/mol. The van der Waals surface area contributed by atoms with Crippen LogP contribution in [0.25, 0.3) is 10.9 Å². The first kappa shape index (κ1) is 22.2. The maximum absolute atomic E-state index is 13.4. The molecule has 3 aromatic carbocycles. The van der Waals surface area contributed by atoms with Crippen molar-refractivity contribution in [1.29, 1.82) is 5.26 Å². The van der Waals surface area contributed by atoms with Crippen LogP contribution in [0.3, 0.4) is 0 Å². The predicted octanol–water partition coefficient (Wildman–Crippen LogP) is 4.20. The molecule has 35 heavy (non-hydrogen) atoms. The third-order valence-corrected chi connectivity index (χ3v) is 6.43. The standard InChI is InChI=1S/C27H23N5O3/c1-16(29-23-10-6-5-9-20(23)26(34)35)21-11-17(13-28)12-22-24(21)30-27(31(2)25(22)33)32-14-18-7-3-4-8-19(18)15-32/h3-12,16,29H,14-15H2,1-2H3,(H,34,35). The number of nitrogens with zero attached hydrogens (tertiary/aromatic N) is 4. The number of para-hydroxylation sites is 1. The molecule has 0 fully saturated rings. The van der Waals surface area contributed by atoms with Gasteiger partial charge in [-0.05, 0) is 42.3 Å². The number of fused-ring (bicyclic) bond motifs is 2. The van der Waals surface area contributed by atoms with Crippen LogP contribution in [-0.2, 0) is 20.1 Å². The summed E-state index contributed by atoms with van der Waals surface area (Å²) >= 11 is 0. The van der Waals surface area contributed by atoms with Gasteiger partial charge in [0.15, 0.2) is 0 Å². The second-order valence-electron chi connectivity index (χ2n) is 8.69. The summed E-state index contributed by atoms with van der Waals surface area (Å²) in [7, 11) is 1.69. The Morgan fingerprint density at radius 1 is 1.11 bits per heavy atom. The Morgan fingerprint density at radius 3 is 2.43 bits per heavy atom. The first-order chi connectivity index (χ1) is 16.9. The fourth-order valence-corrected chi connectivity index (χ4v) is 4.65. The molecule has 5 rings (SSSR count). The molecule has 0 saturated carbocycles. The number of carbonyl (C=O) groups is 1. The molecule has 0 saturated heterocycles. The number of benzene rings is 3. The van der Waals surface area contributed by atoms with Gasteiger partial charge in [-0.15, -0.1) is 0 Å². The van der Waals surface area contributed by atoms with E-state index in [1.54, 1.807) is 37.4 Å². The summed E-state index contributed by atoms with van der Waals surface area (Å²) in [6.45, 7) is 3.15. The molecule has 0 aliphatic carbocycles. The smallest absolute Gasteiger partial charge is 0.337 e. The maximum Gasteiger partial charge on any atom is 0.337 e. The lowest BCUT2D eigenvalue weighted by molar-refractivity contribution is 0.0698. The van der Waals surface area contributed by atoms with E-state index in [4.69, 9.17) is 4.98 Å². The third-order valence-electron chi connectivity index (χ3n) is 6.43. The molecule has 0 radical (unpaired) electrons. The lowest BCUT2D eigenvalue weighted by atomic mass is 10.0. The zero-order valence-corrected chi connectivity index (χ0v) is 19.3. The number of hydrogen-bond acceptors (Lipinski definition) is 6. The molecule has 0 amide bonds. The molecule has 1 aliphatic rings. The summed E-state index contributed by atoms with van der Waals surface area (Å²) < 4.78 is 1.52. The highest BCUT2D eigenvalue weighted by Gasteiger charge is 2.25. The maximum atomic E-state index is 13.4. The molecule has 0 bridgehead atoms. The second kappa shape index (κ2) is 8.61. The number of aromatic carboxylic acids is 1. The van der Waals surface area contributed by atoms with E-state index < -0.39 is 12.0 Å². The van der Waals surface area contributed by atoms with Crippen molar-refractivity contribution in [2.45, 2.75) is 26.1 Å². The largest absolute Gasteiger partial charge is 0.478 e. The Balaban J connectivity index is 1.63. The van der Waals surface area contributed by atoms with Crippen molar-refractivity contribution in [1.82, 2.24) is 9.55 Å². The Hall–Kier alpha value is -4.64. The number of rotatable bonds is 5. The van der Waals surface area contributed by atoms with Gasteiger partial charge in [-0.2, -0.15) is 5.26 Å². The molecule has 0 spiro atoms. The van der Waals surface area contributed by atoms with Gasteiger partial charge in [0.25, 0.3) is 5.56 Å². The van der Waals surface area contributed by atoms with Crippen LogP contribution >= 0.6 is 0 Å². The highest BCUT2D eigenvalue weighted by Crippen LogP contribution is 2.31. The van der Waals surface area contributed by atoms with E-state index in [-0.39, 0.29) is 11.1 Å². The van der Waals surface area contributed by atoms with Crippen LogP contribution in [0.15, 0.2) is 65.5 Å². The van der Waals surface area contributed by atoms with Gasteiger partial charge in [0.05, 0.1) is 34.1 Å². The summed E-state index contributed by atoms with van der Waals surface area (Å²) in [5, 5.41) is 22.8. The first-order valence-corrected chi connectivity index (χ1v) is 11.2. The van der Waals surface area contributed by atoms with E-state index >= 15 is 0 Å². The number of nitriles is 1. The minimum absolute atomic E-state index is 0.138. The van der Waals surface area contributed by atoms with Gasteiger partial charge < -0.3 is 15.3 Å². The summed E-state index contributed by atoms with van der Waals surface area (Å²) in [4.78, 5) is 32.1. The fourth-order valence-electron chi connectivity index (χ4n) is 4.65. The molecule has 2 heterocycles. The van der Waals surface area contributed by atoms with Crippen molar-refractivity contribution in [3.8, 4) is 6.07 Å². The summed E-state index contributed by atoms with van der Waals surface area (Å²) in [5.41, 5.74) is 4.22. The number of carboxylic acid groups (broad SMARTS) is 1. The van der Waals surface area contributed by atoms with E-state index in [1.807, 2.05) is 19.1 Å². The summed E-state index contributed by atoms with van der Waals surface area (Å²) in [6, 6.07) is 19.8. The van der Waals surface area contributed by atoms with Crippen molar-refractivity contribution in [2.24, 2.45) is 7.05 Å². The quantitative estimate of drug-likeness (QED) is 0.454. The fraction of sp³-hybridized carbons (Fsp3) is 0.185. The zero-order valence-electron chi connectivity index (χ0n) is 19.3. The van der Waals surface area contributed by atoms with Gasteiger partial charge in [0, 0.05) is 31.4 Å². The number of anilines is 2. The van der Waals surface area contributed by atoms with Gasteiger partial charge in [-0.3, -0.25) is 9.36 Å². The van der Waals surface area contributed by atoms with Crippen LogP contribution in [0.4, 0.5) is 11.6 Å². The molecular weight excluding hydrogens is 442 g/mol. The molecule has 8 heteroatoms. The Bertz CT molecular complexity index is 1560. The van der Waals surface area contributed by atoms with Crippen molar-refractivity contribution in [3.63, 3.8) is 0 Å². The second-order valence-corrected chi connectivity index (χ2v) is 8.69. The molecule has 1 atom stereocenters. The molecule has 174 valence electrons. The van der Waals surface area contributed by atoms with Gasteiger partial charge >= 0.3 is 5.97 Å². The van der Waals surface area contributed by atoms with Gasteiger partial charge in [-0.1, -0.05) is 36.4 Å². The van der Waals surface area contributed by atoms with Gasteiger partial charge in [0.1, 0.15) is 0 Å². The third kappa shape index (κ3) is 3.87. The summed E-state index contributed by atoms with van der Waals surface area (Å²) in [5.74, 6) is -0.499. The molecule has 1 unspecified atom stereocenters. The van der Waals surface area contributed by atoms with E-state index in [0.717, 1.165) is 0 Å². The zero-order chi connectivity index (χ0) is 24.7. The van der Waals surface area contributed by atoms with Gasteiger partial charge in [-0.25, -0.2) is 9.78 Å². The molecular formula is C27H23N5O3. The average Bonchev–Trinajstić information content (AvgIpc) is 3.29. The van der Waals surface area contributed by atoms with Crippen molar-refractivity contribution < 1.29 is 9.90 Å². The van der Waals surface area contributed by atoms with E-state index in [0.29, 0.717) is 46.8 Å². The lowest BCUT2D eigenvalue weighted by Gasteiger charge is -2.23.